The van der Waals surface area contributed by atoms with Crippen LogP contribution < -0.4 is 15.0 Å². The summed E-state index contributed by atoms with van der Waals surface area (Å²) in [5.74, 6) is 0.641. The van der Waals surface area contributed by atoms with Crippen molar-refractivity contribution in [2.75, 3.05) is 23.3 Å². The third-order valence-corrected chi connectivity index (χ3v) is 7.29. The van der Waals surface area contributed by atoms with Crippen molar-refractivity contribution in [2.45, 2.75) is 26.4 Å². The van der Waals surface area contributed by atoms with Gasteiger partial charge in [0.1, 0.15) is 17.3 Å². The number of nitrogens with one attached hydrogen (secondary N) is 1. The summed E-state index contributed by atoms with van der Waals surface area (Å²) >= 11 is 0. The van der Waals surface area contributed by atoms with Crippen molar-refractivity contribution in [3.63, 3.8) is 0 Å². The Hall–Kier alpha value is -4.32. The molecule has 1 unspecified atom stereocenters. The van der Waals surface area contributed by atoms with Gasteiger partial charge in [0, 0.05) is 52.9 Å². The van der Waals surface area contributed by atoms with Crippen LogP contribution in [0.3, 0.4) is 0 Å². The van der Waals surface area contributed by atoms with Crippen LogP contribution in [-0.4, -0.2) is 19.1 Å². The summed E-state index contributed by atoms with van der Waals surface area (Å²) in [7, 11) is 0. The van der Waals surface area contributed by atoms with E-state index in [1.165, 1.54) is 12.1 Å². The first-order valence-corrected chi connectivity index (χ1v) is 12.5. The van der Waals surface area contributed by atoms with Crippen molar-refractivity contribution in [1.82, 2.24) is 0 Å². The molecule has 0 bridgehead atoms. The second-order valence-electron chi connectivity index (χ2n) is 9.37. The lowest BCUT2D eigenvalue weighted by Crippen LogP contribution is -2.33. The number of esters is 1. The Morgan fingerprint density at radius 1 is 0.865 bits per heavy atom. The van der Waals surface area contributed by atoms with Gasteiger partial charge in [-0.25, -0.2) is 9.18 Å². The lowest BCUT2D eigenvalue weighted by Gasteiger charge is -2.37. The molecule has 5 nitrogen and oxygen atoms in total. The third-order valence-electron chi connectivity index (χ3n) is 7.29. The Labute approximate surface area is 215 Å². The van der Waals surface area contributed by atoms with Crippen molar-refractivity contribution in [2.24, 2.45) is 0 Å². The van der Waals surface area contributed by atoms with Crippen LogP contribution >= 0.6 is 0 Å². The van der Waals surface area contributed by atoms with E-state index in [1.807, 2.05) is 49.4 Å². The van der Waals surface area contributed by atoms with Crippen LogP contribution in [0.1, 0.15) is 46.5 Å². The number of rotatable bonds is 5. The van der Waals surface area contributed by atoms with Gasteiger partial charge in [0.05, 0.1) is 5.56 Å². The van der Waals surface area contributed by atoms with E-state index in [0.29, 0.717) is 17.1 Å². The number of ether oxygens (including phenoxy) is 2. The van der Waals surface area contributed by atoms with E-state index >= 15 is 0 Å². The molecule has 0 saturated carbocycles. The molecule has 4 aromatic rings. The monoisotopic (exact) mass is 494 g/mol. The fraction of sp³-hybridized carbons (Fsp3) is 0.194. The standard InChI is InChI=1S/C31H27FN2O3/c1-4-34(5-2)22-14-15-25-29(17-22)36-28-16-19(3)27(33-21-12-10-20(32)11-13-21)18-26(28)31(25)24-9-7-6-8-23(24)30(35)37-31/h6-18,33H,4-5H2,1-3H3. The molecule has 6 heteroatoms. The topological polar surface area (TPSA) is 50.8 Å². The highest BCUT2D eigenvalue weighted by molar-refractivity contribution is 5.97. The molecule has 0 fully saturated rings. The maximum atomic E-state index is 13.5. The van der Waals surface area contributed by atoms with E-state index in [-0.39, 0.29) is 11.8 Å². The van der Waals surface area contributed by atoms with E-state index in [0.717, 1.165) is 52.4 Å². The molecule has 0 radical (unpaired) electrons. The summed E-state index contributed by atoms with van der Waals surface area (Å²) in [6, 6.07) is 23.8. The number of anilines is 3. The normalized spacial score (nSPS) is 16.9. The number of aryl methyl sites for hydroxylation is 1. The van der Waals surface area contributed by atoms with Gasteiger partial charge in [-0.15, -0.1) is 0 Å². The minimum absolute atomic E-state index is 0.296. The quantitative estimate of drug-likeness (QED) is 0.295. The Kier molecular flexibility index (Phi) is 5.41. The van der Waals surface area contributed by atoms with Gasteiger partial charge in [-0.1, -0.05) is 18.2 Å². The molecule has 37 heavy (non-hydrogen) atoms. The van der Waals surface area contributed by atoms with E-state index < -0.39 is 5.60 Å². The molecule has 1 atom stereocenters. The van der Waals surface area contributed by atoms with Crippen molar-refractivity contribution in [1.29, 1.82) is 0 Å². The predicted molar refractivity (Wildman–Crippen MR) is 143 cm³/mol. The maximum Gasteiger partial charge on any atom is 0.340 e. The third kappa shape index (κ3) is 3.55. The van der Waals surface area contributed by atoms with Crippen LogP contribution in [-0.2, 0) is 10.3 Å². The van der Waals surface area contributed by atoms with Gasteiger partial charge in [0.25, 0.3) is 0 Å². The largest absolute Gasteiger partial charge is 0.456 e. The van der Waals surface area contributed by atoms with E-state index in [1.54, 1.807) is 18.2 Å². The highest BCUT2D eigenvalue weighted by Gasteiger charge is 2.53. The van der Waals surface area contributed by atoms with Crippen LogP contribution in [0.2, 0.25) is 0 Å². The fourth-order valence-corrected chi connectivity index (χ4v) is 5.42. The van der Waals surface area contributed by atoms with Gasteiger partial charge in [-0.3, -0.25) is 0 Å². The number of carbonyl (C=O) groups excluding carboxylic acids is 1. The van der Waals surface area contributed by atoms with E-state index in [4.69, 9.17) is 9.47 Å². The average molecular weight is 495 g/mol. The summed E-state index contributed by atoms with van der Waals surface area (Å²) in [6.07, 6.45) is 0. The molecule has 0 saturated heterocycles. The molecular formula is C31H27FN2O3. The predicted octanol–water partition coefficient (Wildman–Crippen LogP) is 7.29. The minimum Gasteiger partial charge on any atom is -0.456 e. The van der Waals surface area contributed by atoms with Crippen molar-refractivity contribution in [3.8, 4) is 11.5 Å². The van der Waals surface area contributed by atoms with E-state index in [9.17, 15) is 9.18 Å². The zero-order chi connectivity index (χ0) is 25.7. The highest BCUT2D eigenvalue weighted by atomic mass is 19.1. The summed E-state index contributed by atoms with van der Waals surface area (Å²) in [6.45, 7) is 7.96. The van der Waals surface area contributed by atoms with Gasteiger partial charge >= 0.3 is 5.97 Å². The SMILES string of the molecule is CCN(CC)c1ccc2c(c1)Oc1cc(C)c(Nc3ccc(F)cc3)cc1C21OC(=O)c2ccccc21. The van der Waals surface area contributed by atoms with E-state index in [2.05, 4.69) is 30.1 Å². The molecule has 0 aliphatic carbocycles. The highest BCUT2D eigenvalue weighted by Crippen LogP contribution is 2.57. The zero-order valence-corrected chi connectivity index (χ0v) is 21.0. The second-order valence-corrected chi connectivity index (χ2v) is 9.37. The second kappa shape index (κ2) is 8.66. The number of carbonyl (C=O) groups is 1. The molecule has 1 spiro atoms. The smallest absolute Gasteiger partial charge is 0.340 e. The number of fused-ring (bicyclic) bond motifs is 6. The van der Waals surface area contributed by atoms with Crippen LogP contribution in [0, 0.1) is 12.7 Å². The molecule has 1 N–H and O–H groups in total. The maximum absolute atomic E-state index is 13.5. The Balaban J connectivity index is 1.57. The summed E-state index contributed by atoms with van der Waals surface area (Å²) in [5.41, 5.74) is 5.27. The molecule has 4 aromatic carbocycles. The molecule has 2 heterocycles. The first kappa shape index (κ1) is 23.1. The average Bonchev–Trinajstić information content (AvgIpc) is 3.20. The molecule has 2 aliphatic heterocycles. The Bertz CT molecular complexity index is 1530. The number of hydrogen-bond donors (Lipinski definition) is 1. The van der Waals surface area contributed by atoms with Crippen molar-refractivity contribution < 1.29 is 18.7 Å². The van der Waals surface area contributed by atoms with Gasteiger partial charge in [-0.2, -0.15) is 0 Å². The molecule has 0 aromatic heterocycles. The minimum atomic E-state index is -1.15. The number of halogens is 1. The van der Waals surface area contributed by atoms with Crippen LogP contribution in [0.4, 0.5) is 21.5 Å². The van der Waals surface area contributed by atoms with Gasteiger partial charge < -0.3 is 19.7 Å². The molecule has 186 valence electrons. The number of nitrogens with zero attached hydrogens (tertiary/aromatic N) is 1. The fourth-order valence-electron chi connectivity index (χ4n) is 5.42. The van der Waals surface area contributed by atoms with Crippen LogP contribution in [0.25, 0.3) is 0 Å². The van der Waals surface area contributed by atoms with Gasteiger partial charge in [0.15, 0.2) is 5.60 Å². The molecule has 6 rings (SSSR count). The van der Waals surface area contributed by atoms with Crippen molar-refractivity contribution >= 4 is 23.0 Å². The Morgan fingerprint density at radius 2 is 1.59 bits per heavy atom. The summed E-state index contributed by atoms with van der Waals surface area (Å²) in [5, 5.41) is 3.38. The first-order valence-electron chi connectivity index (χ1n) is 12.5. The number of hydrogen-bond acceptors (Lipinski definition) is 5. The first-order chi connectivity index (χ1) is 17.9. The van der Waals surface area contributed by atoms with Crippen LogP contribution in [0.5, 0.6) is 11.5 Å². The summed E-state index contributed by atoms with van der Waals surface area (Å²) < 4.78 is 26.3. The number of benzene rings is 4. The summed E-state index contributed by atoms with van der Waals surface area (Å²) in [4.78, 5) is 15.4. The van der Waals surface area contributed by atoms with Crippen molar-refractivity contribution in [3.05, 3.63) is 112 Å². The molecular weight excluding hydrogens is 467 g/mol. The lowest BCUT2D eigenvalue weighted by atomic mass is 9.77. The molecule has 2 aliphatic rings. The van der Waals surface area contributed by atoms with Gasteiger partial charge in [0.2, 0.25) is 0 Å². The molecule has 0 amide bonds. The lowest BCUT2D eigenvalue weighted by molar-refractivity contribution is 0.0224. The zero-order valence-electron chi connectivity index (χ0n) is 21.0. The Morgan fingerprint density at radius 3 is 2.35 bits per heavy atom. The van der Waals surface area contributed by atoms with Crippen LogP contribution in [0.15, 0.2) is 78.9 Å². The van der Waals surface area contributed by atoms with Gasteiger partial charge in [-0.05, 0) is 80.9 Å².